The summed E-state index contributed by atoms with van der Waals surface area (Å²) < 4.78 is 1.82. The van der Waals surface area contributed by atoms with Crippen LogP contribution in [0.4, 0.5) is 0 Å². The highest BCUT2D eigenvalue weighted by molar-refractivity contribution is 7.99. The molecule has 0 fully saturated rings. The molecule has 82 valence electrons. The first-order chi connectivity index (χ1) is 7.77. The van der Waals surface area contributed by atoms with Crippen molar-refractivity contribution >= 4 is 17.5 Å². The van der Waals surface area contributed by atoms with Gasteiger partial charge in [-0.15, -0.1) is 0 Å². The number of ketones is 1. The fourth-order valence-corrected chi connectivity index (χ4v) is 2.03. The number of aromatic nitrogens is 3. The number of aryl methyl sites for hydroxylation is 1. The topological polar surface area (TPSA) is 47.8 Å². The van der Waals surface area contributed by atoms with E-state index in [-0.39, 0.29) is 5.78 Å². The third kappa shape index (κ3) is 2.49. The van der Waals surface area contributed by atoms with Gasteiger partial charge >= 0.3 is 0 Å². The van der Waals surface area contributed by atoms with Crippen molar-refractivity contribution in [2.75, 3.05) is 5.75 Å². The van der Waals surface area contributed by atoms with Crippen LogP contribution in [0.1, 0.15) is 10.5 Å². The molecule has 16 heavy (non-hydrogen) atoms. The molecule has 2 aromatic heterocycles. The molecular formula is C11H11N3OS. The fourth-order valence-electron chi connectivity index (χ4n) is 1.33. The SMILES string of the molecule is Cn1cccc1C(=O)CSc1ccncn1. The first-order valence-corrected chi connectivity index (χ1v) is 5.79. The largest absolute Gasteiger partial charge is 0.348 e. The number of hydrogen-bond donors (Lipinski definition) is 0. The molecule has 0 saturated heterocycles. The van der Waals surface area contributed by atoms with E-state index in [0.717, 1.165) is 10.7 Å². The van der Waals surface area contributed by atoms with Crippen LogP contribution >= 0.6 is 11.8 Å². The Morgan fingerprint density at radius 3 is 3.00 bits per heavy atom. The quantitative estimate of drug-likeness (QED) is 0.459. The van der Waals surface area contributed by atoms with Gasteiger partial charge in [-0.3, -0.25) is 4.79 Å². The number of rotatable bonds is 4. The Labute approximate surface area is 97.7 Å². The highest BCUT2D eigenvalue weighted by Gasteiger charge is 2.09. The molecule has 0 spiro atoms. The number of nitrogens with zero attached hydrogens (tertiary/aromatic N) is 3. The molecule has 4 nitrogen and oxygen atoms in total. The molecule has 0 N–H and O–H groups in total. The van der Waals surface area contributed by atoms with E-state index in [4.69, 9.17) is 0 Å². The van der Waals surface area contributed by atoms with Gasteiger partial charge in [0.15, 0.2) is 5.78 Å². The van der Waals surface area contributed by atoms with Gasteiger partial charge in [-0.2, -0.15) is 0 Å². The maximum Gasteiger partial charge on any atom is 0.189 e. The lowest BCUT2D eigenvalue weighted by atomic mass is 10.3. The summed E-state index contributed by atoms with van der Waals surface area (Å²) >= 11 is 1.42. The van der Waals surface area contributed by atoms with E-state index >= 15 is 0 Å². The van der Waals surface area contributed by atoms with Gasteiger partial charge in [0.2, 0.25) is 0 Å². The lowest BCUT2D eigenvalue weighted by Gasteiger charge is -2.01. The van der Waals surface area contributed by atoms with Crippen LogP contribution in [0.25, 0.3) is 0 Å². The average molecular weight is 233 g/mol. The van der Waals surface area contributed by atoms with E-state index in [2.05, 4.69) is 9.97 Å². The minimum absolute atomic E-state index is 0.108. The summed E-state index contributed by atoms with van der Waals surface area (Å²) in [6.45, 7) is 0. The molecule has 0 aliphatic rings. The van der Waals surface area contributed by atoms with Crippen molar-refractivity contribution in [2.24, 2.45) is 7.05 Å². The monoisotopic (exact) mass is 233 g/mol. The van der Waals surface area contributed by atoms with E-state index in [1.807, 2.05) is 29.9 Å². The molecule has 0 saturated carbocycles. The Hall–Kier alpha value is -1.62. The standard InChI is InChI=1S/C11H11N3OS/c1-14-6-2-3-9(14)10(15)7-16-11-4-5-12-8-13-11/h2-6,8H,7H2,1H3. The molecule has 2 heterocycles. The number of carbonyl (C=O) groups excluding carboxylic acids is 1. The highest BCUT2D eigenvalue weighted by Crippen LogP contribution is 2.15. The zero-order chi connectivity index (χ0) is 11.4. The molecule has 0 amide bonds. The maximum absolute atomic E-state index is 11.8. The fraction of sp³-hybridized carbons (Fsp3) is 0.182. The second-order valence-electron chi connectivity index (χ2n) is 3.26. The summed E-state index contributed by atoms with van der Waals surface area (Å²) in [5, 5.41) is 0.817. The minimum atomic E-state index is 0.108. The van der Waals surface area contributed by atoms with Crippen LogP contribution < -0.4 is 0 Å². The summed E-state index contributed by atoms with van der Waals surface area (Å²) in [7, 11) is 1.86. The van der Waals surface area contributed by atoms with Gasteiger partial charge in [0, 0.05) is 19.4 Å². The van der Waals surface area contributed by atoms with E-state index < -0.39 is 0 Å². The van der Waals surface area contributed by atoms with Gasteiger partial charge in [-0.05, 0) is 18.2 Å². The lowest BCUT2D eigenvalue weighted by Crippen LogP contribution is -2.07. The summed E-state index contributed by atoms with van der Waals surface area (Å²) in [6.07, 6.45) is 5.01. The van der Waals surface area contributed by atoms with Crippen molar-refractivity contribution in [3.8, 4) is 0 Å². The normalized spacial score (nSPS) is 10.3. The van der Waals surface area contributed by atoms with Gasteiger partial charge in [0.1, 0.15) is 6.33 Å². The zero-order valence-corrected chi connectivity index (χ0v) is 9.65. The second kappa shape index (κ2) is 4.94. The summed E-state index contributed by atoms with van der Waals surface area (Å²) in [6, 6.07) is 5.48. The van der Waals surface area contributed by atoms with Crippen molar-refractivity contribution in [3.63, 3.8) is 0 Å². The summed E-state index contributed by atoms with van der Waals surface area (Å²) in [4.78, 5) is 19.7. The molecular weight excluding hydrogens is 222 g/mol. The smallest absolute Gasteiger partial charge is 0.189 e. The molecule has 2 aromatic rings. The molecule has 0 radical (unpaired) electrons. The predicted octanol–water partition coefficient (Wildman–Crippen LogP) is 1.79. The summed E-state index contributed by atoms with van der Waals surface area (Å²) in [5.74, 6) is 0.505. The Bertz CT molecular complexity index is 481. The van der Waals surface area contributed by atoms with E-state index in [1.54, 1.807) is 12.3 Å². The second-order valence-corrected chi connectivity index (χ2v) is 4.26. The van der Waals surface area contributed by atoms with Crippen LogP contribution in [0.3, 0.4) is 0 Å². The van der Waals surface area contributed by atoms with Crippen LogP contribution in [-0.2, 0) is 7.05 Å². The van der Waals surface area contributed by atoms with E-state index in [1.165, 1.54) is 18.1 Å². The molecule has 0 bridgehead atoms. The third-order valence-electron chi connectivity index (χ3n) is 2.14. The van der Waals surface area contributed by atoms with Crippen molar-refractivity contribution in [2.45, 2.75) is 5.03 Å². The minimum Gasteiger partial charge on any atom is -0.348 e. The number of thioether (sulfide) groups is 1. The van der Waals surface area contributed by atoms with Crippen LogP contribution in [0, 0.1) is 0 Å². The van der Waals surface area contributed by atoms with Crippen molar-refractivity contribution < 1.29 is 4.79 Å². The van der Waals surface area contributed by atoms with Crippen molar-refractivity contribution in [1.82, 2.24) is 14.5 Å². The van der Waals surface area contributed by atoms with E-state index in [9.17, 15) is 4.79 Å². The molecule has 2 rings (SSSR count). The number of carbonyl (C=O) groups is 1. The van der Waals surface area contributed by atoms with Crippen LogP contribution in [0.2, 0.25) is 0 Å². The Morgan fingerprint density at radius 2 is 2.38 bits per heavy atom. The molecule has 0 unspecified atom stereocenters. The summed E-state index contributed by atoms with van der Waals surface area (Å²) in [5.41, 5.74) is 0.724. The van der Waals surface area contributed by atoms with Gasteiger partial charge in [-0.25, -0.2) is 9.97 Å². The van der Waals surface area contributed by atoms with E-state index in [0.29, 0.717) is 5.75 Å². The first kappa shape index (κ1) is 10.9. The van der Waals surface area contributed by atoms with Crippen LogP contribution in [0.5, 0.6) is 0 Å². The molecule has 0 aromatic carbocycles. The van der Waals surface area contributed by atoms with Crippen molar-refractivity contribution in [1.29, 1.82) is 0 Å². The predicted molar refractivity (Wildman–Crippen MR) is 62.5 cm³/mol. The van der Waals surface area contributed by atoms with Crippen LogP contribution in [-0.4, -0.2) is 26.1 Å². The first-order valence-electron chi connectivity index (χ1n) is 4.81. The average Bonchev–Trinajstić information content (AvgIpc) is 2.74. The van der Waals surface area contributed by atoms with Gasteiger partial charge in [0.25, 0.3) is 0 Å². The lowest BCUT2D eigenvalue weighted by molar-refractivity contribution is 0.101. The molecule has 0 aliphatic carbocycles. The Balaban J connectivity index is 1.97. The Kier molecular flexibility index (Phi) is 3.36. The van der Waals surface area contributed by atoms with Gasteiger partial charge in [0.05, 0.1) is 16.5 Å². The maximum atomic E-state index is 11.8. The number of hydrogen-bond acceptors (Lipinski definition) is 4. The highest BCUT2D eigenvalue weighted by atomic mass is 32.2. The molecule has 0 aliphatic heterocycles. The molecule has 0 atom stereocenters. The molecule has 5 heteroatoms. The van der Waals surface area contributed by atoms with Gasteiger partial charge in [-0.1, -0.05) is 11.8 Å². The Morgan fingerprint density at radius 1 is 1.50 bits per heavy atom. The number of Topliss-reactive ketones (excluding diaryl/α,β-unsaturated/α-hetero) is 1. The zero-order valence-electron chi connectivity index (χ0n) is 8.83. The third-order valence-corrected chi connectivity index (χ3v) is 3.08. The van der Waals surface area contributed by atoms with Crippen LogP contribution in [0.15, 0.2) is 41.9 Å². The van der Waals surface area contributed by atoms with Crippen molar-refractivity contribution in [3.05, 3.63) is 42.6 Å². The van der Waals surface area contributed by atoms with Gasteiger partial charge < -0.3 is 4.57 Å².